The highest BCUT2D eigenvalue weighted by atomic mass is 32.2. The molecule has 0 saturated carbocycles. The number of likely N-dealkylation sites (N-methyl/N-ethyl adjacent to an activating group) is 1. The third kappa shape index (κ3) is 3.57. The number of aliphatic hydroxyl groups is 1. The quantitative estimate of drug-likeness (QED) is 0.903. The maximum Gasteiger partial charge on any atom is 0.245 e. The molecule has 2 rings (SSSR count). The number of ether oxygens (including phenoxy) is 1. The van der Waals surface area contributed by atoms with E-state index < -0.39 is 32.2 Å². The molecule has 1 aliphatic rings. The summed E-state index contributed by atoms with van der Waals surface area (Å²) in [7, 11) is -2.98. The van der Waals surface area contributed by atoms with Gasteiger partial charge in [0.25, 0.3) is 0 Å². The van der Waals surface area contributed by atoms with Gasteiger partial charge >= 0.3 is 0 Å². The first-order valence-electron chi connectivity index (χ1n) is 6.46. The van der Waals surface area contributed by atoms with Gasteiger partial charge in [-0.15, -0.1) is 0 Å². The van der Waals surface area contributed by atoms with E-state index in [-0.39, 0.29) is 6.54 Å². The molecule has 21 heavy (non-hydrogen) atoms. The van der Waals surface area contributed by atoms with Crippen molar-refractivity contribution < 1.29 is 27.0 Å². The molecule has 0 aliphatic carbocycles. The maximum absolute atomic E-state index is 13.6. The van der Waals surface area contributed by atoms with E-state index in [4.69, 9.17) is 4.74 Å². The number of sulfonamides is 1. The molecule has 0 unspecified atom stereocenters. The molecule has 0 spiro atoms. The van der Waals surface area contributed by atoms with Gasteiger partial charge in [-0.1, -0.05) is 0 Å². The zero-order valence-electron chi connectivity index (χ0n) is 11.6. The van der Waals surface area contributed by atoms with Gasteiger partial charge in [0.2, 0.25) is 10.0 Å². The van der Waals surface area contributed by atoms with Gasteiger partial charge in [-0.3, -0.25) is 0 Å². The number of nitrogens with zero attached hydrogens (tertiary/aromatic N) is 1. The van der Waals surface area contributed by atoms with Crippen molar-refractivity contribution in [3.05, 3.63) is 29.8 Å². The van der Waals surface area contributed by atoms with Crippen molar-refractivity contribution in [3.63, 3.8) is 0 Å². The molecule has 1 saturated heterocycles. The van der Waals surface area contributed by atoms with Crippen LogP contribution in [-0.4, -0.2) is 50.2 Å². The first-order chi connectivity index (χ1) is 9.74. The number of hydrogen-bond donors (Lipinski definition) is 1. The highest BCUT2D eigenvalue weighted by Gasteiger charge is 2.35. The smallest absolute Gasteiger partial charge is 0.245 e. The summed E-state index contributed by atoms with van der Waals surface area (Å²) in [5.74, 6) is -1.87. The molecular weight excluding hydrogens is 304 g/mol. The van der Waals surface area contributed by atoms with E-state index in [1.807, 2.05) is 0 Å². The molecule has 1 fully saturated rings. The largest absolute Gasteiger partial charge is 0.388 e. The lowest BCUT2D eigenvalue weighted by molar-refractivity contribution is -0.0689. The van der Waals surface area contributed by atoms with Gasteiger partial charge in [0, 0.05) is 39.6 Å². The fourth-order valence-electron chi connectivity index (χ4n) is 2.25. The topological polar surface area (TPSA) is 66.8 Å². The van der Waals surface area contributed by atoms with Crippen LogP contribution < -0.4 is 0 Å². The molecule has 1 aliphatic heterocycles. The second kappa shape index (κ2) is 5.96. The highest BCUT2D eigenvalue weighted by molar-refractivity contribution is 7.89. The van der Waals surface area contributed by atoms with Gasteiger partial charge in [-0.25, -0.2) is 17.2 Å². The van der Waals surface area contributed by atoms with Crippen molar-refractivity contribution in [3.8, 4) is 0 Å². The van der Waals surface area contributed by atoms with Crippen LogP contribution in [0.5, 0.6) is 0 Å². The summed E-state index contributed by atoms with van der Waals surface area (Å²) in [6, 6.07) is 2.24. The van der Waals surface area contributed by atoms with Gasteiger partial charge < -0.3 is 9.84 Å². The van der Waals surface area contributed by atoms with Crippen LogP contribution in [0.2, 0.25) is 0 Å². The maximum atomic E-state index is 13.6. The van der Waals surface area contributed by atoms with Gasteiger partial charge in [0.15, 0.2) is 0 Å². The van der Waals surface area contributed by atoms with E-state index in [0.29, 0.717) is 32.1 Å². The van der Waals surface area contributed by atoms with Crippen LogP contribution in [0.1, 0.15) is 12.8 Å². The van der Waals surface area contributed by atoms with Crippen LogP contribution >= 0.6 is 0 Å². The molecule has 1 heterocycles. The lowest BCUT2D eigenvalue weighted by Gasteiger charge is -2.35. The van der Waals surface area contributed by atoms with Crippen LogP contribution in [0.25, 0.3) is 0 Å². The second-order valence-electron chi connectivity index (χ2n) is 5.17. The number of rotatable bonds is 4. The number of hydrogen-bond acceptors (Lipinski definition) is 4. The fourth-order valence-corrected chi connectivity index (χ4v) is 3.57. The predicted octanol–water partition coefficient (Wildman–Crippen LogP) is 1.13. The van der Waals surface area contributed by atoms with Crippen LogP contribution in [-0.2, 0) is 14.8 Å². The van der Waals surface area contributed by atoms with Gasteiger partial charge in [0.1, 0.15) is 16.5 Å². The number of benzene rings is 1. The van der Waals surface area contributed by atoms with E-state index in [1.54, 1.807) is 0 Å². The Morgan fingerprint density at radius 2 is 1.95 bits per heavy atom. The zero-order valence-corrected chi connectivity index (χ0v) is 12.4. The predicted molar refractivity (Wildman–Crippen MR) is 71.2 cm³/mol. The summed E-state index contributed by atoms with van der Waals surface area (Å²) in [5.41, 5.74) is -1.22. The minimum absolute atomic E-state index is 0.200. The zero-order chi connectivity index (χ0) is 15.7. The molecule has 0 bridgehead atoms. The van der Waals surface area contributed by atoms with Crippen LogP contribution in [0.4, 0.5) is 8.78 Å². The molecular formula is C13H17F2NO4S. The monoisotopic (exact) mass is 321 g/mol. The summed E-state index contributed by atoms with van der Waals surface area (Å²) < 4.78 is 57.4. The Morgan fingerprint density at radius 1 is 1.33 bits per heavy atom. The highest BCUT2D eigenvalue weighted by Crippen LogP contribution is 2.25. The number of halogens is 2. The molecule has 0 atom stereocenters. The third-order valence-electron chi connectivity index (χ3n) is 3.52. The summed E-state index contributed by atoms with van der Waals surface area (Å²) in [5, 5.41) is 10.3. The first kappa shape index (κ1) is 16.3. The Hall–Kier alpha value is -1.09. The third-order valence-corrected chi connectivity index (χ3v) is 5.34. The summed E-state index contributed by atoms with van der Waals surface area (Å²) >= 11 is 0. The SMILES string of the molecule is CN(CC1(O)CCOCC1)S(=O)(=O)c1cc(F)ccc1F. The lowest BCUT2D eigenvalue weighted by Crippen LogP contribution is -2.47. The van der Waals surface area contributed by atoms with E-state index in [1.165, 1.54) is 7.05 Å². The minimum atomic E-state index is -4.21. The van der Waals surface area contributed by atoms with Crippen molar-refractivity contribution >= 4 is 10.0 Å². The Morgan fingerprint density at radius 3 is 2.57 bits per heavy atom. The molecule has 0 radical (unpaired) electrons. The van der Waals surface area contributed by atoms with E-state index >= 15 is 0 Å². The second-order valence-corrected chi connectivity index (χ2v) is 7.19. The molecule has 1 aromatic carbocycles. The van der Waals surface area contributed by atoms with Gasteiger partial charge in [-0.05, 0) is 18.2 Å². The average Bonchev–Trinajstić information content (AvgIpc) is 2.41. The van der Waals surface area contributed by atoms with Gasteiger partial charge in [-0.2, -0.15) is 4.31 Å². The lowest BCUT2D eigenvalue weighted by atomic mass is 9.95. The van der Waals surface area contributed by atoms with Crippen molar-refractivity contribution in [2.75, 3.05) is 26.8 Å². The molecule has 0 aromatic heterocycles. The summed E-state index contributed by atoms with van der Waals surface area (Å²) in [6.07, 6.45) is 0.580. The van der Waals surface area contributed by atoms with E-state index in [2.05, 4.69) is 0 Å². The van der Waals surface area contributed by atoms with Gasteiger partial charge in [0.05, 0.1) is 5.60 Å². The molecule has 1 N–H and O–H groups in total. The van der Waals surface area contributed by atoms with Crippen molar-refractivity contribution in [2.45, 2.75) is 23.3 Å². The Kier molecular flexibility index (Phi) is 4.62. The van der Waals surface area contributed by atoms with Crippen LogP contribution in [0.3, 0.4) is 0 Å². The Balaban J connectivity index is 2.24. The molecule has 0 amide bonds. The molecule has 118 valence electrons. The molecule has 8 heteroatoms. The summed E-state index contributed by atoms with van der Waals surface area (Å²) in [6.45, 7) is 0.464. The van der Waals surface area contributed by atoms with Crippen molar-refractivity contribution in [1.29, 1.82) is 0 Å². The average molecular weight is 321 g/mol. The first-order valence-corrected chi connectivity index (χ1v) is 7.90. The standard InChI is InChI=1S/C13H17F2NO4S/c1-16(9-13(17)4-6-20-7-5-13)21(18,19)12-8-10(14)2-3-11(12)15/h2-3,8,17H,4-7,9H2,1H3. The van der Waals surface area contributed by atoms with Crippen LogP contribution in [0, 0.1) is 11.6 Å². The normalized spacial score (nSPS) is 18.9. The van der Waals surface area contributed by atoms with E-state index in [9.17, 15) is 22.3 Å². The Bertz CT molecular complexity index is 615. The fraction of sp³-hybridized carbons (Fsp3) is 0.538. The molecule has 5 nitrogen and oxygen atoms in total. The van der Waals surface area contributed by atoms with E-state index in [0.717, 1.165) is 16.4 Å². The molecule has 1 aromatic rings. The van der Waals surface area contributed by atoms with Crippen molar-refractivity contribution in [1.82, 2.24) is 4.31 Å². The van der Waals surface area contributed by atoms with Crippen LogP contribution in [0.15, 0.2) is 23.1 Å². The minimum Gasteiger partial charge on any atom is -0.388 e. The Labute approximate surface area is 122 Å². The summed E-state index contributed by atoms with van der Waals surface area (Å²) in [4.78, 5) is -0.736. The van der Waals surface area contributed by atoms with Crippen molar-refractivity contribution in [2.24, 2.45) is 0 Å².